The van der Waals surface area contributed by atoms with Gasteiger partial charge in [0.1, 0.15) is 17.5 Å². The predicted molar refractivity (Wildman–Crippen MR) is 145 cm³/mol. The molecule has 1 N–H and O–H groups in total. The molecule has 4 rings (SSSR count). The molecule has 0 aliphatic carbocycles. The first-order valence-corrected chi connectivity index (χ1v) is 13.7. The SMILES string of the molecule is CC(C)(C)OC(=O)N1CCN(C=O)C(C(F)(F)F)C1.Cc1ccc(Nc2nc(-c3sc(C)nc3C)cs2)nc1. The van der Waals surface area contributed by atoms with E-state index in [2.05, 4.69) is 25.6 Å². The monoisotopic (exact) mass is 584 g/mol. The van der Waals surface area contributed by atoms with Crippen LogP contribution in [0, 0.1) is 20.8 Å². The third kappa shape index (κ3) is 8.62. The Bertz CT molecular complexity index is 1270. The highest BCUT2D eigenvalue weighted by Crippen LogP contribution is 2.33. The largest absolute Gasteiger partial charge is 0.444 e. The number of carbonyl (C=O) groups is 2. The summed E-state index contributed by atoms with van der Waals surface area (Å²) >= 11 is 3.26. The second-order valence-electron chi connectivity index (χ2n) is 9.86. The van der Waals surface area contributed by atoms with Gasteiger partial charge in [0, 0.05) is 24.7 Å². The van der Waals surface area contributed by atoms with Gasteiger partial charge in [-0.1, -0.05) is 6.07 Å². The number of alkyl halides is 3. The van der Waals surface area contributed by atoms with Crippen LogP contribution in [0.1, 0.15) is 37.0 Å². The van der Waals surface area contributed by atoms with E-state index >= 15 is 0 Å². The van der Waals surface area contributed by atoms with Crippen molar-refractivity contribution in [3.8, 4) is 10.6 Å². The van der Waals surface area contributed by atoms with Crippen LogP contribution in [0.2, 0.25) is 0 Å². The molecule has 4 heterocycles. The van der Waals surface area contributed by atoms with Crippen LogP contribution in [0.3, 0.4) is 0 Å². The lowest BCUT2D eigenvalue weighted by atomic mass is 10.1. The average molecular weight is 585 g/mol. The van der Waals surface area contributed by atoms with E-state index in [4.69, 9.17) is 4.74 Å². The third-order valence-corrected chi connectivity index (χ3v) is 7.23. The number of aromatic nitrogens is 3. The number of halogens is 3. The van der Waals surface area contributed by atoms with Crippen molar-refractivity contribution in [2.45, 2.75) is 59.4 Å². The lowest BCUT2D eigenvalue weighted by molar-refractivity contribution is -0.194. The van der Waals surface area contributed by atoms with E-state index in [1.807, 2.05) is 39.1 Å². The number of pyridine rings is 1. The molecule has 0 saturated carbocycles. The third-order valence-electron chi connectivity index (χ3n) is 5.37. The van der Waals surface area contributed by atoms with Gasteiger partial charge in [-0.15, -0.1) is 22.7 Å². The molecule has 14 heteroatoms. The number of thiazole rings is 2. The van der Waals surface area contributed by atoms with Crippen LogP contribution in [-0.4, -0.2) is 74.7 Å². The Balaban J connectivity index is 0.000000216. The van der Waals surface area contributed by atoms with Crippen LogP contribution in [0.25, 0.3) is 10.6 Å². The number of nitrogens with zero attached hydrogens (tertiary/aromatic N) is 5. The number of nitrogens with one attached hydrogen (secondary N) is 1. The maximum atomic E-state index is 12.8. The number of anilines is 2. The summed E-state index contributed by atoms with van der Waals surface area (Å²) in [5, 5.41) is 7.20. The fourth-order valence-corrected chi connectivity index (χ4v) is 5.23. The number of ether oxygens (including phenoxy) is 1. The lowest BCUT2D eigenvalue weighted by Gasteiger charge is -2.40. The normalized spacial score (nSPS) is 15.9. The molecule has 3 aromatic heterocycles. The first-order valence-electron chi connectivity index (χ1n) is 12.0. The van der Waals surface area contributed by atoms with E-state index < -0.39 is 30.5 Å². The molecule has 9 nitrogen and oxygen atoms in total. The first kappa shape index (κ1) is 30.3. The molecule has 1 aliphatic rings. The fraction of sp³-hybridized carbons (Fsp3) is 0.480. The standard InChI is InChI=1S/C14H14N4S2.C11H17F3N2O3/c1-8-4-5-12(15-6-8)18-14-17-11(7-19-14)13-9(2)16-10(3)20-13;1-10(2,3)19-9(18)15-4-5-16(7-17)8(6-15)11(12,13)14/h4-7H,1-3H3,(H,15,17,18);7-8H,4-6H2,1-3H3. The van der Waals surface area contributed by atoms with Crippen molar-refractivity contribution in [3.05, 3.63) is 40.0 Å². The summed E-state index contributed by atoms with van der Waals surface area (Å²) < 4.78 is 43.3. The van der Waals surface area contributed by atoms with Crippen LogP contribution < -0.4 is 5.32 Å². The van der Waals surface area contributed by atoms with Crippen molar-refractivity contribution in [3.63, 3.8) is 0 Å². The summed E-state index contributed by atoms with van der Waals surface area (Å²) in [5.74, 6) is 0.814. The van der Waals surface area contributed by atoms with Gasteiger partial charge in [-0.2, -0.15) is 13.2 Å². The number of carbonyl (C=O) groups excluding carboxylic acids is 2. The molecule has 1 fully saturated rings. The maximum absolute atomic E-state index is 12.8. The van der Waals surface area contributed by atoms with E-state index in [1.54, 1.807) is 43.4 Å². The Morgan fingerprint density at radius 1 is 1.15 bits per heavy atom. The van der Waals surface area contributed by atoms with Gasteiger partial charge in [-0.25, -0.2) is 19.7 Å². The molecule has 1 saturated heterocycles. The van der Waals surface area contributed by atoms with E-state index in [0.29, 0.717) is 4.90 Å². The Labute approximate surface area is 233 Å². The number of hydrogen-bond donors (Lipinski definition) is 1. The molecular formula is C25H31F3N6O3S2. The van der Waals surface area contributed by atoms with Gasteiger partial charge in [0.25, 0.3) is 0 Å². The van der Waals surface area contributed by atoms with Gasteiger partial charge in [-0.05, 0) is 53.2 Å². The number of hydrogen-bond acceptors (Lipinski definition) is 9. The minimum atomic E-state index is -4.57. The summed E-state index contributed by atoms with van der Waals surface area (Å²) in [6.45, 7) is 10.2. The number of piperazine rings is 1. The average Bonchev–Trinajstić information content (AvgIpc) is 3.44. The minimum Gasteiger partial charge on any atom is -0.444 e. The highest BCUT2D eigenvalue weighted by atomic mass is 32.1. The molecule has 2 amide bonds. The minimum absolute atomic E-state index is 0.0280. The smallest absolute Gasteiger partial charge is 0.410 e. The second kappa shape index (κ2) is 12.3. The van der Waals surface area contributed by atoms with E-state index in [9.17, 15) is 22.8 Å². The zero-order valence-electron chi connectivity index (χ0n) is 22.5. The number of rotatable bonds is 4. The second-order valence-corrected chi connectivity index (χ2v) is 11.9. The fourth-order valence-electron chi connectivity index (χ4n) is 3.56. The molecular weight excluding hydrogens is 553 g/mol. The van der Waals surface area contributed by atoms with Gasteiger partial charge in [0.15, 0.2) is 5.13 Å². The summed E-state index contributed by atoms with van der Waals surface area (Å²) in [4.78, 5) is 38.5. The summed E-state index contributed by atoms with van der Waals surface area (Å²) in [7, 11) is 0. The quantitative estimate of drug-likeness (QED) is 0.378. The highest BCUT2D eigenvalue weighted by molar-refractivity contribution is 7.16. The van der Waals surface area contributed by atoms with E-state index in [-0.39, 0.29) is 19.5 Å². The van der Waals surface area contributed by atoms with Gasteiger partial charge >= 0.3 is 12.3 Å². The Hall–Kier alpha value is -3.26. The Kier molecular flexibility index (Phi) is 9.54. The van der Waals surface area contributed by atoms with Crippen molar-refractivity contribution in [2.24, 2.45) is 0 Å². The van der Waals surface area contributed by atoms with Crippen LogP contribution in [-0.2, 0) is 9.53 Å². The van der Waals surface area contributed by atoms with Crippen molar-refractivity contribution in [1.82, 2.24) is 24.8 Å². The molecule has 39 heavy (non-hydrogen) atoms. The van der Waals surface area contributed by atoms with Gasteiger partial charge in [-0.3, -0.25) is 4.79 Å². The molecule has 0 spiro atoms. The number of amides is 2. The molecule has 0 bridgehead atoms. The maximum Gasteiger partial charge on any atom is 0.410 e. The molecule has 0 aromatic carbocycles. The van der Waals surface area contributed by atoms with Gasteiger partial charge < -0.3 is 19.9 Å². The first-order chi connectivity index (χ1) is 18.2. The molecule has 0 radical (unpaired) electrons. The molecule has 3 aromatic rings. The molecule has 1 aliphatic heterocycles. The number of aryl methyl sites for hydroxylation is 3. The van der Waals surface area contributed by atoms with Crippen molar-refractivity contribution < 1.29 is 27.5 Å². The summed E-state index contributed by atoms with van der Waals surface area (Å²) in [6.07, 6.45) is -3.37. The predicted octanol–water partition coefficient (Wildman–Crippen LogP) is 5.96. The zero-order chi connectivity index (χ0) is 29.0. The molecule has 1 atom stereocenters. The van der Waals surface area contributed by atoms with Crippen molar-refractivity contribution in [1.29, 1.82) is 0 Å². The lowest BCUT2D eigenvalue weighted by Crippen LogP contribution is -2.60. The summed E-state index contributed by atoms with van der Waals surface area (Å²) in [6, 6.07) is 2.00. The summed E-state index contributed by atoms with van der Waals surface area (Å²) in [5.41, 5.74) is 2.39. The van der Waals surface area contributed by atoms with Gasteiger partial charge in [0.05, 0.1) is 27.8 Å². The van der Waals surface area contributed by atoms with Crippen molar-refractivity contribution >= 4 is 46.1 Å². The Morgan fingerprint density at radius 3 is 2.41 bits per heavy atom. The molecule has 212 valence electrons. The van der Waals surface area contributed by atoms with E-state index in [1.165, 1.54) is 0 Å². The highest BCUT2D eigenvalue weighted by Gasteiger charge is 2.47. The Morgan fingerprint density at radius 2 is 1.87 bits per heavy atom. The van der Waals surface area contributed by atoms with Crippen molar-refractivity contribution in [2.75, 3.05) is 25.0 Å². The zero-order valence-corrected chi connectivity index (χ0v) is 24.1. The van der Waals surface area contributed by atoms with Crippen LogP contribution in [0.15, 0.2) is 23.7 Å². The topological polar surface area (TPSA) is 101 Å². The molecule has 1 unspecified atom stereocenters. The van der Waals surface area contributed by atoms with E-state index in [0.717, 1.165) is 42.7 Å². The van der Waals surface area contributed by atoms with Crippen LogP contribution in [0.5, 0.6) is 0 Å². The van der Waals surface area contributed by atoms with Gasteiger partial charge in [0.2, 0.25) is 6.41 Å². The van der Waals surface area contributed by atoms with Crippen LogP contribution in [0.4, 0.5) is 28.9 Å². The van der Waals surface area contributed by atoms with Crippen LogP contribution >= 0.6 is 22.7 Å².